The largest absolute Gasteiger partial charge is 0.456 e. The highest BCUT2D eigenvalue weighted by molar-refractivity contribution is 7.26. The first-order valence-corrected chi connectivity index (χ1v) is 17.5. The zero-order valence-corrected chi connectivity index (χ0v) is 27.7. The number of aromatic nitrogens is 3. The van der Waals surface area contributed by atoms with E-state index in [2.05, 4.69) is 90.3 Å². The van der Waals surface area contributed by atoms with Gasteiger partial charge >= 0.3 is 0 Å². The van der Waals surface area contributed by atoms with Crippen molar-refractivity contribution < 1.29 is 8.83 Å². The van der Waals surface area contributed by atoms with Crippen LogP contribution in [0.4, 0.5) is 0 Å². The van der Waals surface area contributed by atoms with E-state index in [4.69, 9.17) is 23.8 Å². The van der Waals surface area contributed by atoms with Crippen LogP contribution in [-0.4, -0.2) is 15.0 Å². The molecular weight excluding hydrogens is 647 g/mol. The molecule has 6 aromatic carbocycles. The Kier molecular flexibility index (Phi) is 5.97. The van der Waals surface area contributed by atoms with Gasteiger partial charge in [0, 0.05) is 70.7 Å². The summed E-state index contributed by atoms with van der Waals surface area (Å²) >= 11 is 1.77. The summed E-state index contributed by atoms with van der Waals surface area (Å²) in [5.74, 6) is 2.65. The monoisotopic (exact) mass is 669 g/mol. The molecule has 0 amide bonds. The maximum Gasteiger partial charge on any atom is 0.165 e. The van der Waals surface area contributed by atoms with Crippen LogP contribution in [0.5, 0.6) is 0 Å². The van der Waals surface area contributed by atoms with Crippen LogP contribution >= 0.6 is 11.3 Å². The molecule has 51 heavy (non-hydrogen) atoms. The zero-order valence-electron chi connectivity index (χ0n) is 26.8. The van der Waals surface area contributed by atoms with Gasteiger partial charge in [0.05, 0.1) is 0 Å². The number of benzene rings is 6. The molecule has 0 saturated carbocycles. The molecule has 1 aliphatic carbocycles. The van der Waals surface area contributed by atoms with Gasteiger partial charge in [0.25, 0.3) is 0 Å². The van der Waals surface area contributed by atoms with Gasteiger partial charge in [0.2, 0.25) is 0 Å². The first kappa shape index (κ1) is 28.1. The van der Waals surface area contributed by atoms with Crippen LogP contribution in [-0.2, 0) is 0 Å². The van der Waals surface area contributed by atoms with Gasteiger partial charge in [-0.2, -0.15) is 0 Å². The highest BCUT2D eigenvalue weighted by Crippen LogP contribution is 2.42. The average Bonchev–Trinajstić information content (AvgIpc) is 3.88. The fourth-order valence-electron chi connectivity index (χ4n) is 7.24. The third-order valence-corrected chi connectivity index (χ3v) is 10.9. The summed E-state index contributed by atoms with van der Waals surface area (Å²) in [6.07, 6.45) is 3.75. The van der Waals surface area contributed by atoms with Gasteiger partial charge in [0.15, 0.2) is 17.5 Å². The number of fused-ring (bicyclic) bond motifs is 9. The van der Waals surface area contributed by atoms with Gasteiger partial charge < -0.3 is 8.83 Å². The second kappa shape index (κ2) is 10.8. The van der Waals surface area contributed by atoms with Gasteiger partial charge in [-0.25, -0.2) is 15.0 Å². The van der Waals surface area contributed by atoms with Crippen LogP contribution in [0, 0.1) is 0 Å². The quantitative estimate of drug-likeness (QED) is 0.175. The predicted octanol–water partition coefficient (Wildman–Crippen LogP) is 12.3. The van der Waals surface area contributed by atoms with E-state index < -0.39 is 0 Å². The molecule has 0 radical (unpaired) electrons. The molecule has 0 bridgehead atoms. The summed E-state index contributed by atoms with van der Waals surface area (Å²) in [6, 6.07) is 43.8. The summed E-state index contributed by atoms with van der Waals surface area (Å²) in [7, 11) is 0. The number of hydrogen-bond acceptors (Lipinski definition) is 6. The van der Waals surface area contributed by atoms with Crippen LogP contribution in [0.25, 0.3) is 111 Å². The van der Waals surface area contributed by atoms with E-state index in [1.165, 1.54) is 15.5 Å². The number of hydrogen-bond donors (Lipinski definition) is 0. The van der Waals surface area contributed by atoms with E-state index >= 15 is 0 Å². The third kappa shape index (κ3) is 4.39. The summed E-state index contributed by atoms with van der Waals surface area (Å²) in [5.41, 5.74) is 14.4. The smallest absolute Gasteiger partial charge is 0.165 e. The molecule has 0 unspecified atom stereocenters. The number of nitrogens with zero attached hydrogens (tertiary/aromatic N) is 3. The standard InChI is InChI=1S/C45H23N3O2S/c1-2-10-26(11-3-1)43-46-44(48-45(47-43)34-16-8-14-32-31-13-5-7-19-40(31)51-42(32)34)33-15-9-18-38-41(33)35-24-27(21-23-37(35)49-38)28-20-22-30-29-12-4-6-17-36(29)50-39(30)25-28/h1-3,5,7-25H. The summed E-state index contributed by atoms with van der Waals surface area (Å²) in [6.45, 7) is 0. The van der Waals surface area contributed by atoms with Crippen molar-refractivity contribution in [3.8, 4) is 45.3 Å². The molecule has 6 heteroatoms. The van der Waals surface area contributed by atoms with Crippen LogP contribution in [0.2, 0.25) is 0 Å². The van der Waals surface area contributed by atoms with Crippen molar-refractivity contribution in [2.24, 2.45) is 0 Å². The molecule has 0 atom stereocenters. The number of rotatable bonds is 4. The predicted molar refractivity (Wildman–Crippen MR) is 207 cm³/mol. The van der Waals surface area contributed by atoms with E-state index in [9.17, 15) is 0 Å². The maximum absolute atomic E-state index is 6.44. The van der Waals surface area contributed by atoms with Crippen molar-refractivity contribution in [3.63, 3.8) is 0 Å². The van der Waals surface area contributed by atoms with Crippen molar-refractivity contribution in [3.05, 3.63) is 150 Å². The van der Waals surface area contributed by atoms with E-state index in [-0.39, 0.29) is 0 Å². The number of thiophene rings is 1. The minimum absolute atomic E-state index is 0.591. The van der Waals surface area contributed by atoms with Gasteiger partial charge in [0.1, 0.15) is 22.5 Å². The Morgan fingerprint density at radius 2 is 1.22 bits per heavy atom. The molecule has 11 rings (SSSR count). The molecule has 0 fully saturated rings. The topological polar surface area (TPSA) is 65.0 Å². The van der Waals surface area contributed by atoms with Crippen molar-refractivity contribution >= 4 is 76.6 Å². The minimum atomic E-state index is 0.591. The average molecular weight is 670 g/mol. The Labute approximate surface area is 294 Å². The van der Waals surface area contributed by atoms with Gasteiger partial charge in [-0.15, -0.1) is 11.3 Å². The van der Waals surface area contributed by atoms with E-state index in [0.29, 0.717) is 17.5 Å². The fraction of sp³-hybridized carbons (Fsp3) is 0. The van der Waals surface area contributed by atoms with Gasteiger partial charge in [-0.05, 0) is 53.6 Å². The third-order valence-electron chi connectivity index (χ3n) is 9.64. The first-order valence-electron chi connectivity index (χ1n) is 16.7. The van der Waals surface area contributed by atoms with Gasteiger partial charge in [-0.1, -0.05) is 96.4 Å². The Morgan fingerprint density at radius 1 is 0.471 bits per heavy atom. The summed E-state index contributed by atoms with van der Waals surface area (Å²) < 4.78 is 15.0. The summed E-state index contributed by atoms with van der Waals surface area (Å²) in [4.78, 5) is 15.4. The first-order chi connectivity index (χ1) is 25.2. The van der Waals surface area contributed by atoms with Crippen molar-refractivity contribution in [2.45, 2.75) is 0 Å². The lowest BCUT2D eigenvalue weighted by molar-refractivity contribution is 0.603. The van der Waals surface area contributed by atoms with Crippen LogP contribution < -0.4 is 0 Å². The van der Waals surface area contributed by atoms with Crippen LogP contribution in [0.3, 0.4) is 0 Å². The van der Waals surface area contributed by atoms with E-state index in [1.807, 2.05) is 60.7 Å². The van der Waals surface area contributed by atoms with Crippen molar-refractivity contribution in [1.29, 1.82) is 0 Å². The van der Waals surface area contributed by atoms with Crippen molar-refractivity contribution in [1.82, 2.24) is 15.0 Å². The molecule has 0 aliphatic heterocycles. The van der Waals surface area contributed by atoms with Gasteiger partial charge in [-0.3, -0.25) is 0 Å². The SMILES string of the molecule is C1=C=Cc2c(oc3cc(-c4ccc5oc6cccc(-c7nc(-c8ccccc8)nc(-c8cccc9c8sc8ccccc89)n7)c6c5c4)ccc23)C=1. The maximum atomic E-state index is 6.44. The fourth-order valence-corrected chi connectivity index (χ4v) is 8.45. The lowest BCUT2D eigenvalue weighted by Crippen LogP contribution is -2.00. The highest BCUT2D eigenvalue weighted by Gasteiger charge is 2.20. The number of furan rings is 2. The van der Waals surface area contributed by atoms with E-state index in [1.54, 1.807) is 11.3 Å². The molecule has 0 spiro atoms. The molecule has 4 heterocycles. The molecule has 1 aliphatic rings. The second-order valence-corrected chi connectivity index (χ2v) is 13.7. The molecule has 0 N–H and O–H groups in total. The molecular formula is C45H23N3O2S. The molecule has 236 valence electrons. The highest BCUT2D eigenvalue weighted by atomic mass is 32.1. The van der Waals surface area contributed by atoms with E-state index in [0.717, 1.165) is 76.7 Å². The second-order valence-electron chi connectivity index (χ2n) is 12.6. The van der Waals surface area contributed by atoms with Crippen molar-refractivity contribution in [2.75, 3.05) is 0 Å². The Morgan fingerprint density at radius 3 is 2.16 bits per heavy atom. The summed E-state index contributed by atoms with van der Waals surface area (Å²) in [5, 5.41) is 5.44. The Hall–Kier alpha value is -6.81. The molecule has 10 aromatic rings. The Balaban J connectivity index is 1.12. The lowest BCUT2D eigenvalue weighted by atomic mass is 9.99. The van der Waals surface area contributed by atoms with Crippen LogP contribution in [0.1, 0.15) is 11.3 Å². The minimum Gasteiger partial charge on any atom is -0.456 e. The zero-order chi connectivity index (χ0) is 33.5. The molecule has 0 saturated heterocycles. The molecule has 5 nitrogen and oxygen atoms in total. The lowest BCUT2D eigenvalue weighted by Gasteiger charge is -2.10. The Bertz CT molecular complexity index is 3170. The van der Waals surface area contributed by atoms with Crippen LogP contribution in [0.15, 0.2) is 148 Å². The molecule has 4 aromatic heterocycles. The normalized spacial score (nSPS) is 12.2.